The van der Waals surface area contributed by atoms with Crippen molar-refractivity contribution in [1.29, 1.82) is 0 Å². The van der Waals surface area contributed by atoms with Gasteiger partial charge in [0.1, 0.15) is 6.61 Å². The largest absolute Gasteiger partial charge is 0.461 e. The standard InChI is InChI=1S/C72H122O2/c1-13-14-15-16-17-18-19-20-21-22-23-24-25-26-27-28-29-30-31-59-72(73)74-61-60-71(12)58-40-57-70(11)56-39-55-69(10)54-38-53-68(9)52-37-51-67(8)50-36-49-66(7)48-35-47-65(6)46-34-45-64(5)44-33-43-63(4)42-32-41-62(2)3/h20-21,41,43,45,47,49,51,53,55,57,60H,13-19,22-40,42,44,46,48,50,52,54,56,58-59,61H2,1-12H3/b21-20-,63-43+,64-45-,65-47+,66-49-,67-51+,68-53-,69-55-,70-57+,71-60-. The molecule has 422 valence electrons. The van der Waals surface area contributed by atoms with Gasteiger partial charge in [0.2, 0.25) is 0 Å². The molecule has 0 rings (SSSR count). The van der Waals surface area contributed by atoms with Crippen LogP contribution in [0.25, 0.3) is 0 Å². The van der Waals surface area contributed by atoms with Crippen LogP contribution in [-0.4, -0.2) is 12.6 Å². The number of allylic oxidation sites excluding steroid dienone is 21. The molecule has 0 aliphatic carbocycles. The van der Waals surface area contributed by atoms with Crippen molar-refractivity contribution in [3.63, 3.8) is 0 Å². The molecular weight excluding hydrogens is 897 g/mol. The van der Waals surface area contributed by atoms with Gasteiger partial charge in [-0.3, -0.25) is 4.79 Å². The van der Waals surface area contributed by atoms with Gasteiger partial charge in [-0.25, -0.2) is 0 Å². The predicted molar refractivity (Wildman–Crippen MR) is 335 cm³/mol. The van der Waals surface area contributed by atoms with Gasteiger partial charge in [-0.1, -0.05) is 207 Å². The summed E-state index contributed by atoms with van der Waals surface area (Å²) in [5.41, 5.74) is 14.8. The van der Waals surface area contributed by atoms with Crippen LogP contribution in [0, 0.1) is 0 Å². The minimum atomic E-state index is -0.0474. The van der Waals surface area contributed by atoms with Crippen molar-refractivity contribution < 1.29 is 9.53 Å². The average Bonchev–Trinajstić information content (AvgIpc) is 3.34. The Morgan fingerprint density at radius 3 is 0.797 bits per heavy atom. The highest BCUT2D eigenvalue weighted by Gasteiger charge is 2.03. The Kier molecular flexibility index (Phi) is 49.3. The van der Waals surface area contributed by atoms with Crippen LogP contribution in [0.1, 0.15) is 314 Å². The molecule has 0 unspecified atom stereocenters. The maximum absolute atomic E-state index is 12.3. The molecule has 0 bridgehead atoms. The number of hydrogen-bond acceptors (Lipinski definition) is 2. The summed E-state index contributed by atoms with van der Waals surface area (Å²) < 4.78 is 5.52. The third-order valence-electron chi connectivity index (χ3n) is 14.7. The lowest BCUT2D eigenvalue weighted by Gasteiger charge is -2.05. The zero-order valence-corrected chi connectivity index (χ0v) is 51.4. The summed E-state index contributed by atoms with van der Waals surface area (Å²) in [6, 6.07) is 0. The van der Waals surface area contributed by atoms with Gasteiger partial charge in [0.05, 0.1) is 0 Å². The predicted octanol–water partition coefficient (Wildman–Crippen LogP) is 24.6. The lowest BCUT2D eigenvalue weighted by molar-refractivity contribution is -0.142. The van der Waals surface area contributed by atoms with Crippen molar-refractivity contribution >= 4 is 5.97 Å². The lowest BCUT2D eigenvalue weighted by Crippen LogP contribution is -2.04. The SMILES string of the molecule is CCCCCCCC/C=C\CCCCCCCCCCCC(=O)OC/C=C(/C)CC/C=C(\C)CC/C=C(/C)CC/C=C(/C)CC/C=C(\C)CC/C=C(/C)CC/C=C(\C)CC/C=C(/C)CC/C=C(\C)CCC=C(C)C. The van der Waals surface area contributed by atoms with E-state index in [2.05, 4.69) is 156 Å². The fraction of sp³-hybridized carbons (Fsp3) is 0.681. The van der Waals surface area contributed by atoms with Crippen molar-refractivity contribution in [2.24, 2.45) is 0 Å². The van der Waals surface area contributed by atoms with Gasteiger partial charge in [0.15, 0.2) is 0 Å². The molecule has 0 aromatic carbocycles. The van der Waals surface area contributed by atoms with Crippen LogP contribution in [0.5, 0.6) is 0 Å². The van der Waals surface area contributed by atoms with Gasteiger partial charge in [0, 0.05) is 6.42 Å². The van der Waals surface area contributed by atoms with E-state index >= 15 is 0 Å². The molecule has 0 amide bonds. The molecule has 0 aromatic heterocycles. The van der Waals surface area contributed by atoms with Crippen LogP contribution in [0.3, 0.4) is 0 Å². The smallest absolute Gasteiger partial charge is 0.306 e. The summed E-state index contributed by atoms with van der Waals surface area (Å²) in [6.07, 6.45) is 72.2. The first kappa shape index (κ1) is 70.6. The average molecular weight is 1020 g/mol. The van der Waals surface area contributed by atoms with Crippen molar-refractivity contribution in [3.8, 4) is 0 Å². The second kappa shape index (κ2) is 51.7. The van der Waals surface area contributed by atoms with E-state index in [0.29, 0.717) is 13.0 Å². The number of hydrogen-bond donors (Lipinski definition) is 0. The quantitative estimate of drug-likeness (QED) is 0.0345. The fourth-order valence-corrected chi connectivity index (χ4v) is 9.27. The van der Waals surface area contributed by atoms with Crippen molar-refractivity contribution in [2.75, 3.05) is 6.61 Å². The number of ether oxygens (including phenoxy) is 1. The molecule has 0 fully saturated rings. The zero-order chi connectivity index (χ0) is 54.7. The highest BCUT2D eigenvalue weighted by Crippen LogP contribution is 2.19. The Labute approximate surface area is 462 Å². The summed E-state index contributed by atoms with van der Waals surface area (Å²) in [5, 5.41) is 0. The highest BCUT2D eigenvalue weighted by atomic mass is 16.5. The summed E-state index contributed by atoms with van der Waals surface area (Å²) in [7, 11) is 0. The second-order valence-electron chi connectivity index (χ2n) is 23.0. The van der Waals surface area contributed by atoms with Gasteiger partial charge < -0.3 is 4.74 Å². The Hall–Kier alpha value is -3.39. The van der Waals surface area contributed by atoms with Crippen LogP contribution in [0.2, 0.25) is 0 Å². The van der Waals surface area contributed by atoms with Gasteiger partial charge in [-0.05, 0) is 230 Å². The van der Waals surface area contributed by atoms with Gasteiger partial charge in [0.25, 0.3) is 0 Å². The first-order valence-corrected chi connectivity index (χ1v) is 31.1. The molecule has 2 nitrogen and oxygen atoms in total. The van der Waals surface area contributed by atoms with E-state index in [1.54, 1.807) is 0 Å². The molecule has 0 heterocycles. The van der Waals surface area contributed by atoms with Gasteiger partial charge in [-0.2, -0.15) is 0 Å². The van der Waals surface area contributed by atoms with E-state index in [-0.39, 0.29) is 5.97 Å². The minimum Gasteiger partial charge on any atom is -0.461 e. The maximum atomic E-state index is 12.3. The number of esters is 1. The summed E-state index contributed by atoms with van der Waals surface area (Å²) >= 11 is 0. The van der Waals surface area contributed by atoms with Crippen LogP contribution in [0.4, 0.5) is 0 Å². The third kappa shape index (κ3) is 52.1. The molecule has 0 radical (unpaired) electrons. The third-order valence-corrected chi connectivity index (χ3v) is 14.7. The van der Waals surface area contributed by atoms with E-state index in [0.717, 1.165) is 89.9 Å². The molecule has 0 aliphatic heterocycles. The summed E-state index contributed by atoms with van der Waals surface area (Å²) in [6.45, 7) is 27.6. The molecule has 0 saturated carbocycles. The number of rotatable bonds is 48. The van der Waals surface area contributed by atoms with E-state index in [9.17, 15) is 4.79 Å². The fourth-order valence-electron chi connectivity index (χ4n) is 9.27. The molecule has 0 aromatic rings. The Bertz CT molecular complexity index is 1750. The number of carbonyl (C=O) groups excluding carboxylic acids is 1. The monoisotopic (exact) mass is 1020 g/mol. The normalized spacial score (nSPS) is 14.0. The topological polar surface area (TPSA) is 26.3 Å². The van der Waals surface area contributed by atoms with Crippen molar-refractivity contribution in [3.05, 3.63) is 129 Å². The Morgan fingerprint density at radius 1 is 0.270 bits per heavy atom. The molecule has 2 heteroatoms. The second-order valence-corrected chi connectivity index (χ2v) is 23.0. The molecule has 0 saturated heterocycles. The van der Waals surface area contributed by atoms with E-state index in [1.807, 2.05) is 0 Å². The van der Waals surface area contributed by atoms with Gasteiger partial charge in [-0.15, -0.1) is 0 Å². The van der Waals surface area contributed by atoms with Crippen molar-refractivity contribution in [1.82, 2.24) is 0 Å². The molecule has 0 N–H and O–H groups in total. The van der Waals surface area contributed by atoms with Gasteiger partial charge >= 0.3 is 5.97 Å². The lowest BCUT2D eigenvalue weighted by atomic mass is 10.0. The van der Waals surface area contributed by atoms with Crippen LogP contribution >= 0.6 is 0 Å². The maximum Gasteiger partial charge on any atom is 0.306 e. The molecule has 0 aliphatic rings. The first-order chi connectivity index (χ1) is 35.7. The molecule has 74 heavy (non-hydrogen) atoms. The van der Waals surface area contributed by atoms with Crippen molar-refractivity contribution in [2.45, 2.75) is 314 Å². The number of unbranched alkanes of at least 4 members (excludes halogenated alkanes) is 15. The summed E-state index contributed by atoms with van der Waals surface area (Å²) in [4.78, 5) is 12.3. The van der Waals surface area contributed by atoms with Crippen LogP contribution in [-0.2, 0) is 9.53 Å². The zero-order valence-electron chi connectivity index (χ0n) is 51.4. The summed E-state index contributed by atoms with van der Waals surface area (Å²) in [5.74, 6) is -0.0474. The first-order valence-electron chi connectivity index (χ1n) is 31.1. The molecule has 0 atom stereocenters. The van der Waals surface area contributed by atoms with E-state index in [4.69, 9.17) is 4.74 Å². The minimum absolute atomic E-state index is 0.0474. The Morgan fingerprint density at radius 2 is 0.514 bits per heavy atom. The number of carbonyl (C=O) groups is 1. The molecular formula is C72H122O2. The van der Waals surface area contributed by atoms with Crippen LogP contribution in [0.15, 0.2) is 129 Å². The molecule has 0 spiro atoms. The Balaban J connectivity index is 4.06. The van der Waals surface area contributed by atoms with Crippen LogP contribution < -0.4 is 0 Å². The highest BCUT2D eigenvalue weighted by molar-refractivity contribution is 5.69. The van der Waals surface area contributed by atoms with E-state index < -0.39 is 0 Å². The van der Waals surface area contributed by atoms with E-state index in [1.165, 1.54) is 191 Å².